The number of aldehydes is 1. The summed E-state index contributed by atoms with van der Waals surface area (Å²) in [5.41, 5.74) is -0.209. The van der Waals surface area contributed by atoms with Gasteiger partial charge in [0.2, 0.25) is 0 Å². The molecule has 0 saturated carbocycles. The van der Waals surface area contributed by atoms with Gasteiger partial charge in [-0.05, 0) is 44.7 Å². The fourth-order valence-electron chi connectivity index (χ4n) is 2.79. The van der Waals surface area contributed by atoms with E-state index < -0.39 is 0 Å². The van der Waals surface area contributed by atoms with Gasteiger partial charge in [0.1, 0.15) is 6.29 Å². The summed E-state index contributed by atoms with van der Waals surface area (Å²) in [5, 5.41) is 0. The molecule has 2 fully saturated rings. The molecule has 0 amide bonds. The first kappa shape index (κ1) is 12.1. The molecule has 0 aromatic heterocycles. The Kier molecular flexibility index (Phi) is 3.98. The van der Waals surface area contributed by atoms with Crippen LogP contribution in [0.2, 0.25) is 0 Å². The number of ether oxygens (including phenoxy) is 1. The molecule has 0 radical (unpaired) electrons. The smallest absolute Gasteiger partial charge is 0.129 e. The zero-order chi connectivity index (χ0) is 11.4. The second-order valence-corrected chi connectivity index (χ2v) is 5.60. The highest BCUT2D eigenvalue weighted by Crippen LogP contribution is 2.29. The fourth-order valence-corrected chi connectivity index (χ4v) is 2.79. The molecule has 1 atom stereocenters. The van der Waals surface area contributed by atoms with Crippen molar-refractivity contribution in [2.75, 3.05) is 32.8 Å². The van der Waals surface area contributed by atoms with Gasteiger partial charge in [-0.2, -0.15) is 0 Å². The average Bonchev–Trinajstić information content (AvgIpc) is 2.33. The fraction of sp³-hybridized carbons (Fsp3) is 0.923. The Balaban J connectivity index is 1.88. The number of hydrogen-bond acceptors (Lipinski definition) is 3. The molecule has 0 bridgehead atoms. The van der Waals surface area contributed by atoms with Gasteiger partial charge >= 0.3 is 0 Å². The van der Waals surface area contributed by atoms with Crippen LogP contribution in [0, 0.1) is 11.3 Å². The highest BCUT2D eigenvalue weighted by Gasteiger charge is 2.35. The highest BCUT2D eigenvalue weighted by atomic mass is 16.5. The summed E-state index contributed by atoms with van der Waals surface area (Å²) in [7, 11) is 0. The van der Waals surface area contributed by atoms with E-state index in [0.29, 0.717) is 6.61 Å². The Hall–Kier alpha value is -0.410. The van der Waals surface area contributed by atoms with Gasteiger partial charge in [-0.1, -0.05) is 6.92 Å². The van der Waals surface area contributed by atoms with Crippen molar-refractivity contribution < 1.29 is 9.53 Å². The van der Waals surface area contributed by atoms with E-state index in [1.807, 2.05) is 0 Å². The van der Waals surface area contributed by atoms with Crippen LogP contribution in [0.4, 0.5) is 0 Å². The molecule has 2 aliphatic heterocycles. The number of likely N-dealkylation sites (tertiary alicyclic amines) is 1. The Morgan fingerprint density at radius 2 is 2.19 bits per heavy atom. The first-order valence-electron chi connectivity index (χ1n) is 6.50. The topological polar surface area (TPSA) is 29.5 Å². The Labute approximate surface area is 98.1 Å². The maximum absolute atomic E-state index is 11.3. The lowest BCUT2D eigenvalue weighted by molar-refractivity contribution is -0.126. The van der Waals surface area contributed by atoms with E-state index in [-0.39, 0.29) is 5.41 Å². The van der Waals surface area contributed by atoms with Gasteiger partial charge in [0.25, 0.3) is 0 Å². The molecule has 2 aliphatic rings. The Morgan fingerprint density at radius 3 is 2.75 bits per heavy atom. The van der Waals surface area contributed by atoms with Crippen LogP contribution in [0.1, 0.15) is 32.6 Å². The van der Waals surface area contributed by atoms with Gasteiger partial charge in [-0.3, -0.25) is 0 Å². The largest absolute Gasteiger partial charge is 0.380 e. The van der Waals surface area contributed by atoms with Crippen LogP contribution < -0.4 is 0 Å². The van der Waals surface area contributed by atoms with Crippen molar-refractivity contribution in [1.29, 1.82) is 0 Å². The summed E-state index contributed by atoms with van der Waals surface area (Å²) in [6.45, 7) is 6.97. The van der Waals surface area contributed by atoms with E-state index in [1.165, 1.54) is 12.8 Å². The first-order valence-corrected chi connectivity index (χ1v) is 6.50. The van der Waals surface area contributed by atoms with Crippen molar-refractivity contribution in [2.24, 2.45) is 11.3 Å². The van der Waals surface area contributed by atoms with Crippen LogP contribution in [0.3, 0.4) is 0 Å². The second-order valence-electron chi connectivity index (χ2n) is 5.60. The van der Waals surface area contributed by atoms with Crippen molar-refractivity contribution in [3.8, 4) is 0 Å². The van der Waals surface area contributed by atoms with Gasteiger partial charge in [0.15, 0.2) is 0 Å². The number of nitrogens with zero attached hydrogens (tertiary/aromatic N) is 1. The SMILES string of the molecule is CC1CCN(CC2(C=O)CCCOC2)CC1. The molecular weight excluding hydrogens is 202 g/mol. The van der Waals surface area contributed by atoms with E-state index in [1.54, 1.807) is 0 Å². The van der Waals surface area contributed by atoms with Gasteiger partial charge in [-0.25, -0.2) is 0 Å². The first-order chi connectivity index (χ1) is 7.74. The third-order valence-corrected chi connectivity index (χ3v) is 4.02. The predicted octanol–water partition coefficient (Wildman–Crippen LogP) is 1.71. The maximum atomic E-state index is 11.3. The number of carbonyl (C=O) groups is 1. The second kappa shape index (κ2) is 5.28. The molecule has 1 unspecified atom stereocenters. The minimum atomic E-state index is -0.209. The molecule has 0 spiro atoms. The molecule has 0 N–H and O–H groups in total. The van der Waals surface area contributed by atoms with Crippen LogP contribution in [0.5, 0.6) is 0 Å². The van der Waals surface area contributed by atoms with Crippen LogP contribution in [-0.4, -0.2) is 44.0 Å². The summed E-state index contributed by atoms with van der Waals surface area (Å²) in [4.78, 5) is 13.8. The molecule has 0 aromatic carbocycles. The maximum Gasteiger partial charge on any atom is 0.129 e. The molecular formula is C13H23NO2. The molecule has 2 heterocycles. The number of piperidine rings is 1. The highest BCUT2D eigenvalue weighted by molar-refractivity contribution is 5.60. The third-order valence-electron chi connectivity index (χ3n) is 4.02. The average molecular weight is 225 g/mol. The summed E-state index contributed by atoms with van der Waals surface area (Å²) in [5.74, 6) is 0.853. The van der Waals surface area contributed by atoms with Crippen LogP contribution in [0.25, 0.3) is 0 Å². The zero-order valence-corrected chi connectivity index (χ0v) is 10.3. The molecule has 92 valence electrons. The lowest BCUT2D eigenvalue weighted by Gasteiger charge is -2.39. The Morgan fingerprint density at radius 1 is 1.44 bits per heavy atom. The monoisotopic (exact) mass is 225 g/mol. The van der Waals surface area contributed by atoms with Crippen LogP contribution in [0.15, 0.2) is 0 Å². The van der Waals surface area contributed by atoms with Gasteiger partial charge < -0.3 is 14.4 Å². The van der Waals surface area contributed by atoms with Crippen molar-refractivity contribution in [2.45, 2.75) is 32.6 Å². The molecule has 2 rings (SSSR count). The molecule has 3 heteroatoms. The van der Waals surface area contributed by atoms with Crippen molar-refractivity contribution in [3.05, 3.63) is 0 Å². The molecule has 2 saturated heterocycles. The molecule has 0 aromatic rings. The minimum absolute atomic E-state index is 0.209. The number of rotatable bonds is 3. The van der Waals surface area contributed by atoms with Gasteiger partial charge in [-0.15, -0.1) is 0 Å². The summed E-state index contributed by atoms with van der Waals surface area (Å²) in [6.07, 6.45) is 5.72. The van der Waals surface area contributed by atoms with Gasteiger partial charge in [0, 0.05) is 13.2 Å². The summed E-state index contributed by atoms with van der Waals surface area (Å²) >= 11 is 0. The quantitative estimate of drug-likeness (QED) is 0.685. The van der Waals surface area contributed by atoms with E-state index >= 15 is 0 Å². The Bertz CT molecular complexity index is 228. The van der Waals surface area contributed by atoms with Crippen molar-refractivity contribution >= 4 is 6.29 Å². The van der Waals surface area contributed by atoms with Crippen LogP contribution in [-0.2, 0) is 9.53 Å². The van der Waals surface area contributed by atoms with E-state index in [2.05, 4.69) is 11.8 Å². The van der Waals surface area contributed by atoms with E-state index in [9.17, 15) is 4.79 Å². The standard InChI is InChI=1S/C13H23NO2/c1-12-3-6-14(7-4-12)9-13(10-15)5-2-8-16-11-13/h10,12H,2-9,11H2,1H3. The van der Waals surface area contributed by atoms with Crippen molar-refractivity contribution in [1.82, 2.24) is 4.90 Å². The number of hydrogen-bond donors (Lipinski definition) is 0. The van der Waals surface area contributed by atoms with Crippen molar-refractivity contribution in [3.63, 3.8) is 0 Å². The van der Waals surface area contributed by atoms with E-state index in [4.69, 9.17) is 4.74 Å². The molecule has 3 nitrogen and oxygen atoms in total. The lowest BCUT2D eigenvalue weighted by atomic mass is 9.83. The van der Waals surface area contributed by atoms with E-state index in [0.717, 1.165) is 51.3 Å². The minimum Gasteiger partial charge on any atom is -0.380 e. The molecule has 0 aliphatic carbocycles. The van der Waals surface area contributed by atoms with Crippen LogP contribution >= 0.6 is 0 Å². The summed E-state index contributed by atoms with van der Waals surface area (Å²) < 4.78 is 5.48. The third kappa shape index (κ3) is 2.83. The molecule has 16 heavy (non-hydrogen) atoms. The lowest BCUT2D eigenvalue weighted by Crippen LogP contribution is -2.46. The predicted molar refractivity (Wildman–Crippen MR) is 63.4 cm³/mol. The summed E-state index contributed by atoms with van der Waals surface area (Å²) in [6, 6.07) is 0. The number of carbonyl (C=O) groups excluding carboxylic acids is 1. The normalized spacial score (nSPS) is 33.8. The van der Waals surface area contributed by atoms with Gasteiger partial charge in [0.05, 0.1) is 12.0 Å². The zero-order valence-electron chi connectivity index (χ0n) is 10.3.